The monoisotopic (exact) mass is 259 g/mol. The molecule has 1 fully saturated rings. The van der Waals surface area contributed by atoms with Crippen LogP contribution < -0.4 is 5.32 Å². The summed E-state index contributed by atoms with van der Waals surface area (Å²) in [7, 11) is 1.49. The van der Waals surface area contributed by atoms with Crippen molar-refractivity contribution in [2.75, 3.05) is 19.4 Å². The Balaban J connectivity index is 2.65. The van der Waals surface area contributed by atoms with Gasteiger partial charge in [0.2, 0.25) is 0 Å². The van der Waals surface area contributed by atoms with Gasteiger partial charge in [-0.1, -0.05) is 13.8 Å². The molecule has 4 heteroatoms. The zero-order valence-corrected chi connectivity index (χ0v) is 12.1. The van der Waals surface area contributed by atoms with Crippen LogP contribution in [-0.2, 0) is 9.53 Å². The van der Waals surface area contributed by atoms with E-state index in [1.165, 1.54) is 25.7 Å². The molecule has 0 radical (unpaired) electrons. The molecule has 0 aromatic heterocycles. The van der Waals surface area contributed by atoms with E-state index in [1.807, 2.05) is 18.7 Å². The average molecular weight is 259 g/mol. The fourth-order valence-electron chi connectivity index (χ4n) is 2.60. The van der Waals surface area contributed by atoms with Gasteiger partial charge in [-0.2, -0.15) is 11.8 Å². The Kier molecular flexibility index (Phi) is 6.34. The quantitative estimate of drug-likeness (QED) is 0.744. The van der Waals surface area contributed by atoms with Gasteiger partial charge >= 0.3 is 5.97 Å². The summed E-state index contributed by atoms with van der Waals surface area (Å²) in [6.45, 7) is 5.07. The van der Waals surface area contributed by atoms with E-state index in [1.54, 1.807) is 0 Å². The Morgan fingerprint density at radius 1 is 1.53 bits per heavy atom. The molecule has 1 N–H and O–H groups in total. The third-order valence-electron chi connectivity index (χ3n) is 3.35. The van der Waals surface area contributed by atoms with Crippen molar-refractivity contribution < 1.29 is 9.53 Å². The molecule has 0 amide bonds. The topological polar surface area (TPSA) is 38.3 Å². The Hall–Kier alpha value is -0.220. The Morgan fingerprint density at radius 3 is 2.88 bits per heavy atom. The zero-order chi connectivity index (χ0) is 12.7. The standard InChI is InChI=1S/C13H25NO2S/c1-4-9-17-11-7-6-8-13(10-11,14-5-2)12(15)16-3/h11,14H,4-10H2,1-3H3. The third kappa shape index (κ3) is 3.88. The van der Waals surface area contributed by atoms with Crippen LogP contribution in [0.5, 0.6) is 0 Å². The first-order valence-corrected chi connectivity index (χ1v) is 7.68. The van der Waals surface area contributed by atoms with Gasteiger partial charge in [0.25, 0.3) is 0 Å². The highest BCUT2D eigenvalue weighted by atomic mass is 32.2. The van der Waals surface area contributed by atoms with Crippen LogP contribution in [0.3, 0.4) is 0 Å². The van der Waals surface area contributed by atoms with Gasteiger partial charge in [-0.25, -0.2) is 0 Å². The van der Waals surface area contributed by atoms with Crippen LogP contribution in [0.2, 0.25) is 0 Å². The summed E-state index contributed by atoms with van der Waals surface area (Å²) in [5.41, 5.74) is -0.423. The van der Waals surface area contributed by atoms with Crippen molar-refractivity contribution in [3.05, 3.63) is 0 Å². The lowest BCUT2D eigenvalue weighted by Gasteiger charge is -2.39. The number of rotatable bonds is 6. The van der Waals surface area contributed by atoms with E-state index in [-0.39, 0.29) is 5.97 Å². The second kappa shape index (κ2) is 7.27. The summed E-state index contributed by atoms with van der Waals surface area (Å²) < 4.78 is 4.99. The number of nitrogens with one attached hydrogen (secondary N) is 1. The Labute approximate surface area is 109 Å². The highest BCUT2D eigenvalue weighted by Crippen LogP contribution is 2.36. The number of carbonyl (C=O) groups excluding carboxylic acids is 1. The van der Waals surface area contributed by atoms with Crippen molar-refractivity contribution in [3.8, 4) is 0 Å². The van der Waals surface area contributed by atoms with Crippen molar-refractivity contribution in [1.82, 2.24) is 5.32 Å². The molecule has 100 valence electrons. The number of esters is 1. The smallest absolute Gasteiger partial charge is 0.326 e. The van der Waals surface area contributed by atoms with Crippen LogP contribution in [0.4, 0.5) is 0 Å². The van der Waals surface area contributed by atoms with Crippen LogP contribution in [-0.4, -0.2) is 36.2 Å². The Morgan fingerprint density at radius 2 is 2.29 bits per heavy atom. The molecular formula is C13H25NO2S. The number of thioether (sulfide) groups is 1. The number of hydrogen-bond acceptors (Lipinski definition) is 4. The summed E-state index contributed by atoms with van der Waals surface area (Å²) >= 11 is 2.01. The molecular weight excluding hydrogens is 234 g/mol. The molecule has 0 aliphatic heterocycles. The minimum absolute atomic E-state index is 0.0823. The minimum Gasteiger partial charge on any atom is -0.468 e. The largest absolute Gasteiger partial charge is 0.468 e. The van der Waals surface area contributed by atoms with Gasteiger partial charge in [0.05, 0.1) is 7.11 Å². The van der Waals surface area contributed by atoms with Crippen molar-refractivity contribution >= 4 is 17.7 Å². The summed E-state index contributed by atoms with van der Waals surface area (Å²) in [5.74, 6) is 1.11. The highest BCUT2D eigenvalue weighted by Gasteiger charge is 2.43. The summed E-state index contributed by atoms with van der Waals surface area (Å²) in [5, 5.41) is 3.97. The minimum atomic E-state index is -0.423. The van der Waals surface area contributed by atoms with Gasteiger partial charge in [-0.3, -0.25) is 4.79 Å². The molecule has 0 bridgehead atoms. The molecule has 1 rings (SSSR count). The van der Waals surface area contributed by atoms with E-state index in [2.05, 4.69) is 12.2 Å². The number of hydrogen-bond donors (Lipinski definition) is 1. The van der Waals surface area contributed by atoms with E-state index in [4.69, 9.17) is 4.74 Å². The first-order chi connectivity index (χ1) is 8.18. The first kappa shape index (κ1) is 14.8. The summed E-state index contributed by atoms with van der Waals surface area (Å²) in [6, 6.07) is 0. The fraction of sp³-hybridized carbons (Fsp3) is 0.923. The average Bonchev–Trinajstić information content (AvgIpc) is 2.36. The van der Waals surface area contributed by atoms with Crippen molar-refractivity contribution in [3.63, 3.8) is 0 Å². The molecule has 0 spiro atoms. The molecule has 1 aliphatic carbocycles. The molecule has 17 heavy (non-hydrogen) atoms. The molecule has 2 atom stereocenters. The van der Waals surface area contributed by atoms with Gasteiger partial charge in [0.15, 0.2) is 0 Å². The normalized spacial score (nSPS) is 29.0. The van der Waals surface area contributed by atoms with Crippen LogP contribution in [0, 0.1) is 0 Å². The van der Waals surface area contributed by atoms with Gasteiger partial charge in [0, 0.05) is 5.25 Å². The van der Waals surface area contributed by atoms with Gasteiger partial charge in [0.1, 0.15) is 5.54 Å². The third-order valence-corrected chi connectivity index (χ3v) is 4.87. The number of carbonyl (C=O) groups is 1. The number of likely N-dealkylation sites (N-methyl/N-ethyl adjacent to an activating group) is 1. The molecule has 1 aliphatic rings. The van der Waals surface area contributed by atoms with Gasteiger partial charge < -0.3 is 10.1 Å². The number of ether oxygens (including phenoxy) is 1. The second-order valence-electron chi connectivity index (χ2n) is 4.69. The van der Waals surface area contributed by atoms with Crippen LogP contribution in [0.1, 0.15) is 46.0 Å². The van der Waals surface area contributed by atoms with E-state index >= 15 is 0 Å². The van der Waals surface area contributed by atoms with Gasteiger partial charge in [-0.15, -0.1) is 0 Å². The van der Waals surface area contributed by atoms with E-state index < -0.39 is 5.54 Å². The van der Waals surface area contributed by atoms with E-state index in [0.717, 1.165) is 25.8 Å². The van der Waals surface area contributed by atoms with Crippen molar-refractivity contribution in [2.24, 2.45) is 0 Å². The van der Waals surface area contributed by atoms with Crippen LogP contribution in [0.15, 0.2) is 0 Å². The predicted octanol–water partition coefficient (Wildman–Crippen LogP) is 2.59. The molecule has 2 unspecified atom stereocenters. The zero-order valence-electron chi connectivity index (χ0n) is 11.3. The van der Waals surface area contributed by atoms with E-state index in [0.29, 0.717) is 5.25 Å². The maximum absolute atomic E-state index is 12.0. The summed E-state index contributed by atoms with van der Waals surface area (Å²) in [4.78, 5) is 12.0. The Bertz CT molecular complexity index is 244. The molecule has 0 aromatic carbocycles. The SMILES string of the molecule is CCCSC1CCCC(NCC)(C(=O)OC)C1. The predicted molar refractivity (Wildman–Crippen MR) is 73.4 cm³/mol. The first-order valence-electron chi connectivity index (χ1n) is 6.63. The van der Waals surface area contributed by atoms with Gasteiger partial charge in [-0.05, 0) is 44.4 Å². The van der Waals surface area contributed by atoms with Crippen LogP contribution in [0.25, 0.3) is 0 Å². The lowest BCUT2D eigenvalue weighted by Crippen LogP contribution is -2.56. The fourth-order valence-corrected chi connectivity index (χ4v) is 3.91. The molecule has 3 nitrogen and oxygen atoms in total. The highest BCUT2D eigenvalue weighted by molar-refractivity contribution is 7.99. The second-order valence-corrected chi connectivity index (χ2v) is 6.10. The van der Waals surface area contributed by atoms with Crippen LogP contribution >= 0.6 is 11.8 Å². The molecule has 0 heterocycles. The maximum atomic E-state index is 12.0. The molecule has 0 aromatic rings. The molecule has 0 saturated heterocycles. The summed E-state index contributed by atoms with van der Waals surface area (Å²) in [6.07, 6.45) is 5.38. The maximum Gasteiger partial charge on any atom is 0.326 e. The lowest BCUT2D eigenvalue weighted by molar-refractivity contribution is -0.150. The lowest BCUT2D eigenvalue weighted by atomic mass is 9.81. The van der Waals surface area contributed by atoms with Crippen molar-refractivity contribution in [2.45, 2.75) is 56.7 Å². The number of methoxy groups -OCH3 is 1. The van der Waals surface area contributed by atoms with E-state index in [9.17, 15) is 4.79 Å². The molecule has 1 saturated carbocycles. The van der Waals surface area contributed by atoms with Crippen molar-refractivity contribution in [1.29, 1.82) is 0 Å².